The van der Waals surface area contributed by atoms with E-state index in [1.54, 1.807) is 7.11 Å². The molecule has 2 aliphatic heterocycles. The highest BCUT2D eigenvalue weighted by molar-refractivity contribution is 14.0. The largest absolute Gasteiger partial charge is 0.385 e. The van der Waals surface area contributed by atoms with Gasteiger partial charge in [0.15, 0.2) is 5.96 Å². The number of hydrogen-bond acceptors (Lipinski definition) is 4. The molecule has 160 valence electrons. The van der Waals surface area contributed by atoms with Crippen molar-refractivity contribution in [3.63, 3.8) is 0 Å². The molecular weight excluding hydrogens is 455 g/mol. The van der Waals surface area contributed by atoms with Crippen molar-refractivity contribution in [1.82, 2.24) is 15.1 Å². The van der Waals surface area contributed by atoms with Crippen LogP contribution in [0.1, 0.15) is 46.0 Å². The van der Waals surface area contributed by atoms with Gasteiger partial charge in [-0.05, 0) is 51.1 Å². The third-order valence-electron chi connectivity index (χ3n) is 5.65. The minimum atomic E-state index is 0. The van der Waals surface area contributed by atoms with E-state index in [1.807, 2.05) is 7.05 Å². The highest BCUT2D eigenvalue weighted by Crippen LogP contribution is 2.18. The fourth-order valence-electron chi connectivity index (χ4n) is 4.08. The fourth-order valence-corrected chi connectivity index (χ4v) is 4.08. The van der Waals surface area contributed by atoms with Crippen LogP contribution in [0.4, 0.5) is 0 Å². The Morgan fingerprint density at radius 3 is 2.33 bits per heavy atom. The molecule has 1 N–H and O–H groups in total. The Balaban J connectivity index is 0.00000364. The lowest BCUT2D eigenvalue weighted by atomic mass is 10.0. The van der Waals surface area contributed by atoms with Gasteiger partial charge in [-0.15, -0.1) is 24.0 Å². The molecule has 0 aliphatic carbocycles. The molecule has 0 aromatic carbocycles. The van der Waals surface area contributed by atoms with Gasteiger partial charge in [0.25, 0.3) is 0 Å². The number of hydrogen-bond donors (Lipinski definition) is 1. The lowest BCUT2D eigenvalue weighted by Gasteiger charge is -2.36. The molecule has 1 unspecified atom stereocenters. The second kappa shape index (κ2) is 14.0. The fraction of sp³-hybridized carbons (Fsp3) is 0.950. The van der Waals surface area contributed by atoms with E-state index >= 15 is 0 Å². The molecule has 7 heteroatoms. The number of nitrogens with one attached hydrogen (secondary N) is 1. The standard InChI is InChI=1S/C20H40N4O2.HI/c1-17(2)19(23-10-5-6-11-23)16-22-20(21-3)24-12-8-18(9-13-24)26-15-7-14-25-4;/h17-19H,5-16H2,1-4H3,(H,21,22);1H. The van der Waals surface area contributed by atoms with Crippen molar-refractivity contribution in [2.75, 3.05) is 60.1 Å². The van der Waals surface area contributed by atoms with Crippen molar-refractivity contribution in [1.29, 1.82) is 0 Å². The van der Waals surface area contributed by atoms with E-state index in [2.05, 4.69) is 34.0 Å². The number of methoxy groups -OCH3 is 1. The van der Waals surface area contributed by atoms with Gasteiger partial charge in [-0.1, -0.05) is 13.8 Å². The summed E-state index contributed by atoms with van der Waals surface area (Å²) in [6.45, 7) is 11.8. The Kier molecular flexibility index (Phi) is 12.9. The SMILES string of the molecule is CN=C(NCC(C(C)C)N1CCCC1)N1CCC(OCCCOC)CC1.I. The van der Waals surface area contributed by atoms with E-state index in [0.717, 1.165) is 58.1 Å². The quantitative estimate of drug-likeness (QED) is 0.230. The van der Waals surface area contributed by atoms with E-state index in [9.17, 15) is 0 Å². The average Bonchev–Trinajstić information content (AvgIpc) is 3.17. The normalized spacial score (nSPS) is 20.8. The van der Waals surface area contributed by atoms with Crippen molar-refractivity contribution < 1.29 is 9.47 Å². The lowest BCUT2D eigenvalue weighted by Crippen LogP contribution is -2.51. The van der Waals surface area contributed by atoms with Crippen LogP contribution in [0.25, 0.3) is 0 Å². The second-order valence-corrected chi connectivity index (χ2v) is 7.89. The number of aliphatic imine (C=N–C) groups is 1. The van der Waals surface area contributed by atoms with Crippen molar-refractivity contribution in [2.45, 2.75) is 58.1 Å². The summed E-state index contributed by atoms with van der Waals surface area (Å²) in [5.41, 5.74) is 0. The number of nitrogens with zero attached hydrogens (tertiary/aromatic N) is 3. The van der Waals surface area contributed by atoms with Gasteiger partial charge >= 0.3 is 0 Å². The van der Waals surface area contributed by atoms with Crippen LogP contribution in [0.5, 0.6) is 0 Å². The van der Waals surface area contributed by atoms with Gasteiger partial charge in [-0.25, -0.2) is 0 Å². The van der Waals surface area contributed by atoms with Crippen LogP contribution < -0.4 is 5.32 Å². The first kappa shape index (κ1) is 24.9. The van der Waals surface area contributed by atoms with Crippen LogP contribution in [0.2, 0.25) is 0 Å². The first-order chi connectivity index (χ1) is 12.7. The number of rotatable bonds is 9. The zero-order chi connectivity index (χ0) is 18.8. The van der Waals surface area contributed by atoms with Crippen molar-refractivity contribution in [2.24, 2.45) is 10.9 Å². The Hall–Kier alpha value is -0.120. The van der Waals surface area contributed by atoms with Gasteiger partial charge in [-0.2, -0.15) is 0 Å². The molecule has 27 heavy (non-hydrogen) atoms. The second-order valence-electron chi connectivity index (χ2n) is 7.89. The predicted molar refractivity (Wildman–Crippen MR) is 123 cm³/mol. The highest BCUT2D eigenvalue weighted by atomic mass is 127. The average molecular weight is 496 g/mol. The van der Waals surface area contributed by atoms with E-state index in [0.29, 0.717) is 18.1 Å². The number of guanidine groups is 1. The molecular formula is C20H41IN4O2. The maximum absolute atomic E-state index is 5.97. The Morgan fingerprint density at radius 1 is 1.11 bits per heavy atom. The molecule has 0 radical (unpaired) electrons. The Bertz CT molecular complexity index is 409. The first-order valence-electron chi connectivity index (χ1n) is 10.5. The summed E-state index contributed by atoms with van der Waals surface area (Å²) in [5, 5.41) is 3.65. The predicted octanol–water partition coefficient (Wildman–Crippen LogP) is 2.82. The molecule has 0 saturated carbocycles. The zero-order valence-corrected chi connectivity index (χ0v) is 20.1. The Labute approximate surface area is 183 Å². The topological polar surface area (TPSA) is 49.3 Å². The van der Waals surface area contributed by atoms with Gasteiger partial charge < -0.3 is 19.7 Å². The summed E-state index contributed by atoms with van der Waals surface area (Å²) in [4.78, 5) is 9.57. The summed E-state index contributed by atoms with van der Waals surface area (Å²) in [6.07, 6.45) is 6.20. The molecule has 6 nitrogen and oxygen atoms in total. The maximum atomic E-state index is 5.97. The number of piperidine rings is 1. The van der Waals surface area contributed by atoms with Gasteiger partial charge in [0.1, 0.15) is 0 Å². The molecule has 0 spiro atoms. The monoisotopic (exact) mass is 496 g/mol. The molecule has 0 bridgehead atoms. The number of likely N-dealkylation sites (tertiary alicyclic amines) is 2. The van der Waals surface area contributed by atoms with E-state index < -0.39 is 0 Å². The van der Waals surface area contributed by atoms with Gasteiger partial charge in [0, 0.05) is 53.0 Å². The first-order valence-corrected chi connectivity index (χ1v) is 10.5. The van der Waals surface area contributed by atoms with Crippen LogP contribution in [0.3, 0.4) is 0 Å². The molecule has 0 amide bonds. The molecule has 2 heterocycles. The highest BCUT2D eigenvalue weighted by Gasteiger charge is 2.26. The molecule has 2 aliphatic rings. The van der Waals surface area contributed by atoms with Crippen LogP contribution in [-0.4, -0.2) is 88.0 Å². The lowest BCUT2D eigenvalue weighted by molar-refractivity contribution is 0.00984. The van der Waals surface area contributed by atoms with Gasteiger partial charge in [-0.3, -0.25) is 9.89 Å². The molecule has 0 aromatic rings. The summed E-state index contributed by atoms with van der Waals surface area (Å²) in [7, 11) is 3.64. The van der Waals surface area contributed by atoms with Gasteiger partial charge in [0.2, 0.25) is 0 Å². The molecule has 0 aromatic heterocycles. The third-order valence-corrected chi connectivity index (χ3v) is 5.65. The summed E-state index contributed by atoms with van der Waals surface area (Å²) in [5.74, 6) is 1.71. The van der Waals surface area contributed by atoms with E-state index in [1.165, 1.54) is 25.9 Å². The maximum Gasteiger partial charge on any atom is 0.193 e. The molecule has 2 fully saturated rings. The van der Waals surface area contributed by atoms with Crippen LogP contribution in [0, 0.1) is 5.92 Å². The van der Waals surface area contributed by atoms with Crippen molar-refractivity contribution >= 4 is 29.9 Å². The van der Waals surface area contributed by atoms with Crippen molar-refractivity contribution in [3.05, 3.63) is 0 Å². The Morgan fingerprint density at radius 2 is 1.78 bits per heavy atom. The summed E-state index contributed by atoms with van der Waals surface area (Å²) >= 11 is 0. The van der Waals surface area contributed by atoms with E-state index in [-0.39, 0.29) is 24.0 Å². The van der Waals surface area contributed by atoms with E-state index in [4.69, 9.17) is 9.47 Å². The zero-order valence-electron chi connectivity index (χ0n) is 17.8. The summed E-state index contributed by atoms with van der Waals surface area (Å²) in [6, 6.07) is 0.593. The van der Waals surface area contributed by atoms with Crippen LogP contribution >= 0.6 is 24.0 Å². The molecule has 2 saturated heterocycles. The molecule has 2 rings (SSSR count). The minimum Gasteiger partial charge on any atom is -0.385 e. The minimum absolute atomic E-state index is 0. The van der Waals surface area contributed by atoms with Crippen LogP contribution in [-0.2, 0) is 9.47 Å². The van der Waals surface area contributed by atoms with Gasteiger partial charge in [0.05, 0.1) is 6.10 Å². The summed E-state index contributed by atoms with van der Waals surface area (Å²) < 4.78 is 11.0. The molecule has 1 atom stereocenters. The number of ether oxygens (including phenoxy) is 2. The third kappa shape index (κ3) is 8.41. The van der Waals surface area contributed by atoms with Crippen LogP contribution in [0.15, 0.2) is 4.99 Å². The smallest absolute Gasteiger partial charge is 0.193 e. The number of halogens is 1. The van der Waals surface area contributed by atoms with Crippen molar-refractivity contribution in [3.8, 4) is 0 Å².